The zero-order chi connectivity index (χ0) is 30.0. The number of likely N-dealkylation sites (tertiary alicyclic amines) is 1. The molecule has 9 nitrogen and oxygen atoms in total. The lowest BCUT2D eigenvalue weighted by Crippen LogP contribution is -2.60. The number of halogens is 3. The van der Waals surface area contributed by atoms with Gasteiger partial charge in [0.1, 0.15) is 24.9 Å². The van der Waals surface area contributed by atoms with E-state index in [1.165, 1.54) is 0 Å². The van der Waals surface area contributed by atoms with Crippen LogP contribution in [0.15, 0.2) is 12.1 Å². The Morgan fingerprint density at radius 3 is 2.41 bits per heavy atom. The Morgan fingerprint density at radius 1 is 1.10 bits per heavy atom. The number of nitrogens with zero attached hydrogens (tertiary/aromatic N) is 1. The van der Waals surface area contributed by atoms with Crippen LogP contribution in [0, 0.1) is 34.4 Å². The number of piperidine rings is 1. The van der Waals surface area contributed by atoms with Gasteiger partial charge in [0, 0.05) is 33.6 Å². The van der Waals surface area contributed by atoms with Gasteiger partial charge in [0.2, 0.25) is 0 Å². The first-order chi connectivity index (χ1) is 19.1. The third kappa shape index (κ3) is 6.16. The molecule has 2 saturated heterocycles. The topological polar surface area (TPSA) is 112 Å². The molecule has 226 valence electrons. The van der Waals surface area contributed by atoms with Crippen molar-refractivity contribution in [3.05, 3.63) is 28.4 Å². The molecule has 5 rings (SSSR count). The summed E-state index contributed by atoms with van der Waals surface area (Å²) in [6.45, 7) is 8.55. The fourth-order valence-corrected chi connectivity index (χ4v) is 9.70. The number of aliphatic hydroxyl groups is 1. The van der Waals surface area contributed by atoms with E-state index in [9.17, 15) is 19.5 Å². The number of carbonyl (C=O) groups is 3. The van der Waals surface area contributed by atoms with Crippen LogP contribution in [0.25, 0.3) is 0 Å². The minimum Gasteiger partial charge on any atom is -0.463 e. The molecule has 4 fully saturated rings. The van der Waals surface area contributed by atoms with Crippen LogP contribution >= 0.6 is 67.8 Å². The summed E-state index contributed by atoms with van der Waals surface area (Å²) in [4.78, 5) is 41.6. The van der Waals surface area contributed by atoms with E-state index in [2.05, 4.69) is 107 Å². The van der Waals surface area contributed by atoms with Crippen LogP contribution in [0.1, 0.15) is 57.3 Å². The molecule has 12 heteroatoms. The summed E-state index contributed by atoms with van der Waals surface area (Å²) in [5.74, 6) is -3.47. The van der Waals surface area contributed by atoms with Gasteiger partial charge in [-0.1, -0.05) is 0 Å². The highest BCUT2D eigenvalue weighted by Crippen LogP contribution is 2.59. The molecule has 1 N–H and O–H groups in total. The van der Waals surface area contributed by atoms with E-state index in [1.54, 1.807) is 6.07 Å². The van der Waals surface area contributed by atoms with Gasteiger partial charge in [0.05, 0.1) is 30.1 Å². The SMILES string of the molecule is CN1C(C)(C)CC(OCC(O)COC(=O)C2C3CC4C(OC(=O)C42)C3OC(=O)c2cc(I)cc(I)c2I)CC1(C)C. The van der Waals surface area contributed by atoms with Crippen molar-refractivity contribution in [3.8, 4) is 0 Å². The molecule has 4 aliphatic rings. The molecule has 2 heterocycles. The van der Waals surface area contributed by atoms with Crippen LogP contribution in [0.4, 0.5) is 0 Å². The van der Waals surface area contributed by atoms with E-state index < -0.39 is 48.1 Å². The van der Waals surface area contributed by atoms with Gasteiger partial charge in [-0.2, -0.15) is 0 Å². The summed E-state index contributed by atoms with van der Waals surface area (Å²) in [6.07, 6.45) is -0.0769. The van der Waals surface area contributed by atoms with Crippen molar-refractivity contribution < 1.29 is 38.4 Å². The van der Waals surface area contributed by atoms with Crippen LogP contribution in [-0.4, -0.2) is 83.7 Å². The Labute approximate surface area is 281 Å². The minimum absolute atomic E-state index is 0.0213. The monoisotopic (exact) mass is 907 g/mol. The predicted molar refractivity (Wildman–Crippen MR) is 174 cm³/mol. The van der Waals surface area contributed by atoms with E-state index in [0.29, 0.717) is 12.0 Å². The maximum absolute atomic E-state index is 13.3. The summed E-state index contributed by atoms with van der Waals surface area (Å²) < 4.78 is 25.8. The highest BCUT2D eigenvalue weighted by atomic mass is 127. The quantitative estimate of drug-likeness (QED) is 0.176. The van der Waals surface area contributed by atoms with Crippen molar-refractivity contribution in [2.24, 2.45) is 23.7 Å². The van der Waals surface area contributed by atoms with Gasteiger partial charge >= 0.3 is 17.9 Å². The zero-order valence-electron chi connectivity index (χ0n) is 23.7. The molecule has 2 aliphatic heterocycles. The standard InChI is InChI=1S/C29H36I3NO8/c1-28(2)9-15(10-29(3,4)33(28)5)38-11-14(34)12-39-26(36)20-16-8-17-21(20)27(37)41-24(17)23(16)40-25(35)18-6-13(30)7-19(31)22(18)32/h6-7,14-17,20-21,23-24,34H,8-12H2,1-5H3. The molecule has 1 aromatic carbocycles. The molecule has 0 amide bonds. The van der Waals surface area contributed by atoms with Crippen LogP contribution in [-0.2, 0) is 28.5 Å². The number of rotatable bonds is 8. The van der Waals surface area contributed by atoms with Gasteiger partial charge in [-0.15, -0.1) is 0 Å². The summed E-state index contributed by atoms with van der Waals surface area (Å²) in [7, 11) is 2.12. The average Bonchev–Trinajstić information content (AvgIpc) is 3.50. The van der Waals surface area contributed by atoms with Gasteiger partial charge in [-0.05, 0) is 134 Å². The lowest BCUT2D eigenvalue weighted by molar-refractivity contribution is -0.161. The third-order valence-electron chi connectivity index (χ3n) is 9.49. The second-order valence-corrected chi connectivity index (χ2v) is 16.5. The molecule has 7 unspecified atom stereocenters. The predicted octanol–water partition coefficient (Wildman–Crippen LogP) is 4.41. The van der Waals surface area contributed by atoms with Gasteiger partial charge in [-0.3, -0.25) is 14.5 Å². The molecule has 0 radical (unpaired) electrons. The normalized spacial score (nSPS) is 32.6. The van der Waals surface area contributed by atoms with Crippen LogP contribution < -0.4 is 0 Å². The van der Waals surface area contributed by atoms with E-state index >= 15 is 0 Å². The molecule has 2 saturated carbocycles. The van der Waals surface area contributed by atoms with Crippen molar-refractivity contribution in [3.63, 3.8) is 0 Å². The van der Waals surface area contributed by atoms with Crippen LogP contribution in [0.2, 0.25) is 0 Å². The Hall–Kier alpha value is -0.300. The lowest BCUT2D eigenvalue weighted by Gasteiger charge is -2.53. The zero-order valence-corrected chi connectivity index (χ0v) is 30.2. The summed E-state index contributed by atoms with van der Waals surface area (Å²) in [6, 6.07) is 3.74. The van der Waals surface area contributed by atoms with Gasteiger partial charge < -0.3 is 24.1 Å². The van der Waals surface area contributed by atoms with E-state index in [4.69, 9.17) is 18.9 Å². The average molecular weight is 907 g/mol. The second-order valence-electron chi connectivity index (χ2n) is 13.0. The number of benzene rings is 1. The Bertz CT molecular complexity index is 1220. The highest BCUT2D eigenvalue weighted by molar-refractivity contribution is 14.1. The first-order valence-electron chi connectivity index (χ1n) is 13.9. The summed E-state index contributed by atoms with van der Waals surface area (Å²) in [5.41, 5.74) is 0.355. The molecule has 0 spiro atoms. The van der Waals surface area contributed by atoms with E-state index in [0.717, 1.165) is 23.6 Å². The lowest BCUT2D eigenvalue weighted by atomic mass is 9.78. The van der Waals surface area contributed by atoms with Gasteiger partial charge in [-0.25, -0.2) is 4.79 Å². The number of carbonyl (C=O) groups excluding carboxylic acids is 3. The molecule has 1 aromatic rings. The van der Waals surface area contributed by atoms with Crippen molar-refractivity contribution >= 4 is 85.7 Å². The highest BCUT2D eigenvalue weighted by Gasteiger charge is 2.70. The van der Waals surface area contributed by atoms with Crippen molar-refractivity contribution in [2.75, 3.05) is 20.3 Å². The van der Waals surface area contributed by atoms with E-state index in [1.807, 2.05) is 6.07 Å². The smallest absolute Gasteiger partial charge is 0.339 e. The third-order valence-corrected chi connectivity index (χ3v) is 13.2. The summed E-state index contributed by atoms with van der Waals surface area (Å²) in [5, 5.41) is 10.6. The van der Waals surface area contributed by atoms with Crippen LogP contribution in [0.3, 0.4) is 0 Å². The molecule has 2 aliphatic carbocycles. The summed E-state index contributed by atoms with van der Waals surface area (Å²) >= 11 is 6.46. The molecule has 7 atom stereocenters. The minimum atomic E-state index is -0.995. The Balaban J connectivity index is 1.19. The van der Waals surface area contributed by atoms with Gasteiger partial charge in [0.15, 0.2) is 0 Å². The maximum Gasteiger partial charge on any atom is 0.339 e. The van der Waals surface area contributed by atoms with Crippen molar-refractivity contribution in [1.82, 2.24) is 4.90 Å². The molecule has 2 bridgehead atoms. The second kappa shape index (κ2) is 11.9. The Kier molecular flexibility index (Phi) is 9.31. The molecular weight excluding hydrogens is 871 g/mol. The number of ether oxygens (including phenoxy) is 4. The first kappa shape index (κ1) is 32.1. The van der Waals surface area contributed by atoms with E-state index in [-0.39, 0.29) is 42.2 Å². The maximum atomic E-state index is 13.3. The fraction of sp³-hybridized carbons (Fsp3) is 0.690. The van der Waals surface area contributed by atoms with Crippen molar-refractivity contribution in [2.45, 2.75) is 82.5 Å². The number of esters is 3. The van der Waals surface area contributed by atoms with Gasteiger partial charge in [0.25, 0.3) is 0 Å². The number of hydrogen-bond acceptors (Lipinski definition) is 9. The molecular formula is C29H36I3NO8. The first-order valence-corrected chi connectivity index (χ1v) is 17.1. The largest absolute Gasteiger partial charge is 0.463 e. The Morgan fingerprint density at radius 2 is 1.76 bits per heavy atom. The number of aliphatic hydroxyl groups excluding tert-OH is 1. The molecule has 0 aromatic heterocycles. The fourth-order valence-electron chi connectivity index (χ4n) is 7.33. The number of hydrogen-bond donors (Lipinski definition) is 1. The van der Waals surface area contributed by atoms with Crippen LogP contribution in [0.5, 0.6) is 0 Å². The number of fused-ring (bicyclic) bond motifs is 1. The molecule has 41 heavy (non-hydrogen) atoms. The van der Waals surface area contributed by atoms with Crippen molar-refractivity contribution in [1.29, 1.82) is 0 Å².